The minimum atomic E-state index is -3.51. The topological polar surface area (TPSA) is 73.5 Å². The summed E-state index contributed by atoms with van der Waals surface area (Å²) in [6.45, 7) is 7.14. The number of hydrogen-bond acceptors (Lipinski definition) is 5. The van der Waals surface area contributed by atoms with Crippen LogP contribution in [-0.2, 0) is 9.84 Å². The first-order valence-electron chi connectivity index (χ1n) is 14.1. The summed E-state index contributed by atoms with van der Waals surface area (Å²) in [5.41, 5.74) is 3.22. The molecule has 2 aromatic carbocycles. The van der Waals surface area contributed by atoms with Crippen LogP contribution in [0.3, 0.4) is 0 Å². The predicted molar refractivity (Wildman–Crippen MR) is 165 cm³/mol. The number of benzene rings is 2. The highest BCUT2D eigenvalue weighted by Gasteiger charge is 2.42. The number of fused-ring (bicyclic) bond motifs is 1. The highest BCUT2D eigenvalue weighted by molar-refractivity contribution is 7.91. The zero-order valence-corrected chi connectivity index (χ0v) is 25.4. The summed E-state index contributed by atoms with van der Waals surface area (Å²) in [6, 6.07) is 13.7. The Bertz CT molecular complexity index is 1170. The Balaban J connectivity index is 2.17. The van der Waals surface area contributed by atoms with Gasteiger partial charge in [0.25, 0.3) is 0 Å². The second-order valence-electron chi connectivity index (χ2n) is 10.8. The zero-order chi connectivity index (χ0) is 27.8. The van der Waals surface area contributed by atoms with Gasteiger partial charge in [-0.05, 0) is 73.4 Å². The molecule has 1 atom stereocenters. The van der Waals surface area contributed by atoms with Crippen molar-refractivity contribution in [1.82, 2.24) is 10.6 Å². The van der Waals surface area contributed by atoms with E-state index in [1.807, 2.05) is 56.3 Å². The maximum atomic E-state index is 14.0. The standard InChI is InChI=1S/C30H46N4O2S2/c1-6-9-11-18-30(19-12-10-7-2)22-38(35,36)27-17-16-25(34(4)5)21-26(27)28(33-30)23-14-13-15-24(20-23)32-29(37)31-8-3/h13-17,20-21,28,33H,6-12,18-19,22H2,1-5H3,(H2,31,32,37). The molecular formula is C30H46N4O2S2. The van der Waals surface area contributed by atoms with Crippen LogP contribution in [0.5, 0.6) is 0 Å². The van der Waals surface area contributed by atoms with Crippen molar-refractivity contribution in [3.63, 3.8) is 0 Å². The SMILES string of the molecule is CCCCCC1(CCCCC)CS(=O)(=O)c2ccc(N(C)C)cc2C(c2cccc(NC(=S)NCC)c2)N1. The average Bonchev–Trinajstić information content (AvgIpc) is 2.96. The molecule has 0 fully saturated rings. The summed E-state index contributed by atoms with van der Waals surface area (Å²) in [6.07, 6.45) is 8.11. The van der Waals surface area contributed by atoms with E-state index in [-0.39, 0.29) is 11.8 Å². The smallest absolute Gasteiger partial charge is 0.180 e. The Morgan fingerprint density at radius 1 is 1.03 bits per heavy atom. The third-order valence-electron chi connectivity index (χ3n) is 7.41. The summed E-state index contributed by atoms with van der Waals surface area (Å²) < 4.78 is 28.1. The third kappa shape index (κ3) is 7.70. The minimum absolute atomic E-state index is 0.126. The molecule has 3 rings (SSSR count). The molecule has 0 amide bonds. The third-order valence-corrected chi connectivity index (χ3v) is 9.63. The van der Waals surface area contributed by atoms with E-state index < -0.39 is 15.4 Å². The lowest BCUT2D eigenvalue weighted by Crippen LogP contribution is -2.50. The van der Waals surface area contributed by atoms with E-state index in [2.05, 4.69) is 41.9 Å². The minimum Gasteiger partial charge on any atom is -0.378 e. The molecule has 0 aliphatic carbocycles. The van der Waals surface area contributed by atoms with Gasteiger partial charge in [0.15, 0.2) is 14.9 Å². The molecule has 3 N–H and O–H groups in total. The van der Waals surface area contributed by atoms with Crippen molar-refractivity contribution in [2.75, 3.05) is 36.6 Å². The van der Waals surface area contributed by atoms with Crippen LogP contribution in [0.1, 0.15) is 89.3 Å². The fraction of sp³-hybridized carbons (Fsp3) is 0.567. The van der Waals surface area contributed by atoms with Crippen LogP contribution in [0, 0.1) is 0 Å². The fourth-order valence-electron chi connectivity index (χ4n) is 5.43. The molecule has 0 aromatic heterocycles. The summed E-state index contributed by atoms with van der Waals surface area (Å²) >= 11 is 5.43. The molecule has 210 valence electrons. The van der Waals surface area contributed by atoms with Crippen molar-refractivity contribution in [3.05, 3.63) is 53.6 Å². The van der Waals surface area contributed by atoms with Gasteiger partial charge in [-0.15, -0.1) is 0 Å². The average molecular weight is 559 g/mol. The van der Waals surface area contributed by atoms with Crippen LogP contribution < -0.4 is 20.9 Å². The number of rotatable bonds is 12. The second-order valence-corrected chi connectivity index (χ2v) is 13.1. The fourth-order valence-corrected chi connectivity index (χ4v) is 7.75. The first-order chi connectivity index (χ1) is 18.1. The lowest BCUT2D eigenvalue weighted by Gasteiger charge is -2.37. The molecule has 2 aromatic rings. The highest BCUT2D eigenvalue weighted by atomic mass is 32.2. The number of unbranched alkanes of at least 4 members (excludes halogenated alkanes) is 4. The summed E-state index contributed by atoms with van der Waals surface area (Å²) in [7, 11) is 0.467. The Kier molecular flexibility index (Phi) is 11.0. The number of thiocarbonyl (C=S) groups is 1. The largest absolute Gasteiger partial charge is 0.378 e. The van der Waals surface area contributed by atoms with E-state index >= 15 is 0 Å². The van der Waals surface area contributed by atoms with Crippen molar-refractivity contribution < 1.29 is 8.42 Å². The van der Waals surface area contributed by atoms with E-state index in [1.165, 1.54) is 0 Å². The van der Waals surface area contributed by atoms with Crippen LogP contribution in [0.15, 0.2) is 47.4 Å². The quantitative estimate of drug-likeness (QED) is 0.205. The zero-order valence-electron chi connectivity index (χ0n) is 23.8. The van der Waals surface area contributed by atoms with Gasteiger partial charge in [0.1, 0.15) is 0 Å². The first kappa shape index (κ1) is 30.4. The summed E-state index contributed by atoms with van der Waals surface area (Å²) in [4.78, 5) is 2.47. The highest BCUT2D eigenvalue weighted by Crippen LogP contribution is 2.40. The van der Waals surface area contributed by atoms with Crippen molar-refractivity contribution in [2.24, 2.45) is 0 Å². The van der Waals surface area contributed by atoms with Crippen molar-refractivity contribution in [2.45, 2.75) is 88.6 Å². The predicted octanol–water partition coefficient (Wildman–Crippen LogP) is 6.42. The van der Waals surface area contributed by atoms with E-state index in [0.29, 0.717) is 10.0 Å². The van der Waals surface area contributed by atoms with Crippen molar-refractivity contribution in [1.29, 1.82) is 0 Å². The van der Waals surface area contributed by atoms with Crippen LogP contribution in [0.2, 0.25) is 0 Å². The van der Waals surface area contributed by atoms with E-state index in [9.17, 15) is 8.42 Å². The Hall–Kier alpha value is -2.16. The van der Waals surface area contributed by atoms with Gasteiger partial charge in [-0.3, -0.25) is 5.32 Å². The Morgan fingerprint density at radius 3 is 2.32 bits per heavy atom. The Labute approximate surface area is 235 Å². The molecule has 0 bridgehead atoms. The maximum absolute atomic E-state index is 14.0. The first-order valence-corrected chi connectivity index (χ1v) is 16.2. The normalized spacial score (nSPS) is 17.8. The molecule has 0 saturated heterocycles. The number of nitrogens with one attached hydrogen (secondary N) is 3. The van der Waals surface area contributed by atoms with Crippen LogP contribution in [-0.4, -0.2) is 45.5 Å². The number of anilines is 2. The van der Waals surface area contributed by atoms with Gasteiger partial charge in [-0.2, -0.15) is 0 Å². The van der Waals surface area contributed by atoms with Gasteiger partial charge in [0.2, 0.25) is 0 Å². The van der Waals surface area contributed by atoms with E-state index in [1.54, 1.807) is 0 Å². The van der Waals surface area contributed by atoms with E-state index in [0.717, 1.165) is 80.4 Å². The van der Waals surface area contributed by atoms with Crippen molar-refractivity contribution >= 4 is 38.5 Å². The molecular weight excluding hydrogens is 512 g/mol. The lowest BCUT2D eigenvalue weighted by atomic mass is 9.85. The Morgan fingerprint density at radius 2 is 1.71 bits per heavy atom. The van der Waals surface area contributed by atoms with Gasteiger partial charge in [-0.1, -0.05) is 64.5 Å². The van der Waals surface area contributed by atoms with Crippen LogP contribution in [0.25, 0.3) is 0 Å². The maximum Gasteiger partial charge on any atom is 0.180 e. The second kappa shape index (κ2) is 13.8. The van der Waals surface area contributed by atoms with Crippen molar-refractivity contribution in [3.8, 4) is 0 Å². The van der Waals surface area contributed by atoms with Crippen LogP contribution >= 0.6 is 12.2 Å². The molecule has 0 radical (unpaired) electrons. The molecule has 6 nitrogen and oxygen atoms in total. The molecule has 0 spiro atoms. The number of hydrogen-bond donors (Lipinski definition) is 3. The number of sulfone groups is 1. The molecule has 0 saturated carbocycles. The summed E-state index contributed by atoms with van der Waals surface area (Å²) in [5.74, 6) is 0.126. The lowest BCUT2D eigenvalue weighted by molar-refractivity contribution is 0.275. The number of nitrogens with zero attached hydrogens (tertiary/aromatic N) is 1. The van der Waals surface area contributed by atoms with E-state index in [4.69, 9.17) is 12.2 Å². The van der Waals surface area contributed by atoms with Gasteiger partial charge >= 0.3 is 0 Å². The van der Waals surface area contributed by atoms with Gasteiger partial charge in [-0.25, -0.2) is 8.42 Å². The molecule has 38 heavy (non-hydrogen) atoms. The van der Waals surface area contributed by atoms with Crippen LogP contribution in [0.4, 0.5) is 11.4 Å². The molecule has 1 unspecified atom stereocenters. The molecule has 8 heteroatoms. The molecule has 1 aliphatic heterocycles. The molecule has 1 heterocycles. The van der Waals surface area contributed by atoms with Gasteiger partial charge in [0.05, 0.1) is 16.7 Å². The van der Waals surface area contributed by atoms with Gasteiger partial charge in [0, 0.05) is 37.6 Å². The summed E-state index contributed by atoms with van der Waals surface area (Å²) in [5, 5.41) is 11.0. The van der Waals surface area contributed by atoms with Gasteiger partial charge < -0.3 is 15.5 Å². The monoisotopic (exact) mass is 558 g/mol. The molecule has 1 aliphatic rings.